The summed E-state index contributed by atoms with van der Waals surface area (Å²) in [6.07, 6.45) is 0. The second kappa shape index (κ2) is 5.25. The first kappa shape index (κ1) is 13.1. The van der Waals surface area contributed by atoms with E-state index in [1.165, 1.54) is 0 Å². The number of aromatic amines is 1. The van der Waals surface area contributed by atoms with E-state index >= 15 is 0 Å². The van der Waals surface area contributed by atoms with Crippen molar-refractivity contribution in [1.82, 2.24) is 19.8 Å². The van der Waals surface area contributed by atoms with Crippen LogP contribution in [0.15, 0.2) is 24.3 Å². The third-order valence-electron chi connectivity index (χ3n) is 4.11. The molecule has 0 bridgehead atoms. The van der Waals surface area contributed by atoms with Crippen LogP contribution in [0.4, 0.5) is 0 Å². The molecule has 0 radical (unpaired) electrons. The average molecular weight is 272 g/mol. The van der Waals surface area contributed by atoms with Gasteiger partial charge < -0.3 is 9.88 Å². The lowest BCUT2D eigenvalue weighted by atomic mass is 10.2. The summed E-state index contributed by atoms with van der Waals surface area (Å²) in [5.41, 5.74) is 2.09. The van der Waals surface area contributed by atoms with Crippen molar-refractivity contribution in [3.05, 3.63) is 30.1 Å². The molecule has 1 unspecified atom stereocenters. The van der Waals surface area contributed by atoms with Crippen LogP contribution in [-0.2, 0) is 4.79 Å². The van der Waals surface area contributed by atoms with E-state index in [9.17, 15) is 4.79 Å². The van der Waals surface area contributed by atoms with E-state index in [1.54, 1.807) is 6.92 Å². The van der Waals surface area contributed by atoms with Gasteiger partial charge in [-0.2, -0.15) is 0 Å². The number of carbonyl (C=O) groups excluding carboxylic acids is 1. The quantitative estimate of drug-likeness (QED) is 0.906. The smallest absolute Gasteiger partial charge is 0.219 e. The van der Waals surface area contributed by atoms with Crippen molar-refractivity contribution in [2.24, 2.45) is 0 Å². The van der Waals surface area contributed by atoms with Gasteiger partial charge in [-0.25, -0.2) is 4.98 Å². The van der Waals surface area contributed by atoms with E-state index in [-0.39, 0.29) is 11.9 Å². The van der Waals surface area contributed by atoms with Crippen molar-refractivity contribution in [3.8, 4) is 0 Å². The maximum Gasteiger partial charge on any atom is 0.219 e. The van der Waals surface area contributed by atoms with Gasteiger partial charge in [0.25, 0.3) is 0 Å². The van der Waals surface area contributed by atoms with Crippen LogP contribution in [0.5, 0.6) is 0 Å². The van der Waals surface area contributed by atoms with Crippen LogP contribution in [0.2, 0.25) is 0 Å². The molecular weight excluding hydrogens is 252 g/mol. The van der Waals surface area contributed by atoms with Crippen LogP contribution >= 0.6 is 0 Å². The highest BCUT2D eigenvalue weighted by atomic mass is 16.2. The number of H-pyrrole nitrogens is 1. The van der Waals surface area contributed by atoms with Gasteiger partial charge in [0.1, 0.15) is 5.82 Å². The minimum Gasteiger partial charge on any atom is -0.341 e. The summed E-state index contributed by atoms with van der Waals surface area (Å²) in [7, 11) is 0. The number of aromatic nitrogens is 2. The summed E-state index contributed by atoms with van der Waals surface area (Å²) < 4.78 is 0. The number of rotatable bonds is 2. The number of hydrogen-bond donors (Lipinski definition) is 1. The summed E-state index contributed by atoms with van der Waals surface area (Å²) in [5, 5.41) is 0. The number of nitrogens with zero attached hydrogens (tertiary/aromatic N) is 3. The Morgan fingerprint density at radius 1 is 1.25 bits per heavy atom. The summed E-state index contributed by atoms with van der Waals surface area (Å²) in [6, 6.07) is 8.34. The third-order valence-corrected chi connectivity index (χ3v) is 4.11. The number of para-hydroxylation sites is 2. The van der Waals surface area contributed by atoms with Gasteiger partial charge >= 0.3 is 0 Å². The number of amides is 1. The molecule has 5 nitrogen and oxygen atoms in total. The molecular formula is C15H20N4O. The maximum atomic E-state index is 11.4. The zero-order valence-corrected chi connectivity index (χ0v) is 12.0. The van der Waals surface area contributed by atoms with Crippen LogP contribution in [0.25, 0.3) is 11.0 Å². The zero-order valence-electron chi connectivity index (χ0n) is 12.0. The molecule has 5 heteroatoms. The predicted molar refractivity (Wildman–Crippen MR) is 78.3 cm³/mol. The second-order valence-electron chi connectivity index (χ2n) is 5.36. The molecule has 1 amide bonds. The Morgan fingerprint density at radius 3 is 2.60 bits per heavy atom. The summed E-state index contributed by atoms with van der Waals surface area (Å²) in [6.45, 7) is 7.22. The Balaban J connectivity index is 1.73. The van der Waals surface area contributed by atoms with Crippen LogP contribution < -0.4 is 0 Å². The topological polar surface area (TPSA) is 52.2 Å². The first-order valence-corrected chi connectivity index (χ1v) is 7.09. The number of benzene rings is 1. The Kier molecular flexibility index (Phi) is 3.44. The molecule has 0 aliphatic carbocycles. The fraction of sp³-hybridized carbons (Fsp3) is 0.467. The highest BCUT2D eigenvalue weighted by Gasteiger charge is 2.24. The molecule has 0 spiro atoms. The van der Waals surface area contributed by atoms with Gasteiger partial charge in [0.15, 0.2) is 0 Å². The molecule has 3 rings (SSSR count). The first-order chi connectivity index (χ1) is 9.65. The number of fused-ring (bicyclic) bond motifs is 1. The van der Waals surface area contributed by atoms with Crippen LogP contribution in [0.1, 0.15) is 25.7 Å². The largest absolute Gasteiger partial charge is 0.341 e. The van der Waals surface area contributed by atoms with E-state index in [0.717, 1.165) is 43.0 Å². The lowest BCUT2D eigenvalue weighted by Crippen LogP contribution is -2.48. The molecule has 1 fully saturated rings. The fourth-order valence-electron chi connectivity index (χ4n) is 2.77. The molecule has 0 saturated carbocycles. The van der Waals surface area contributed by atoms with Crippen molar-refractivity contribution in [2.75, 3.05) is 26.2 Å². The van der Waals surface area contributed by atoms with Gasteiger partial charge in [-0.3, -0.25) is 9.69 Å². The van der Waals surface area contributed by atoms with E-state index in [0.29, 0.717) is 0 Å². The standard InChI is InChI=1S/C15H20N4O/c1-11(18-7-9-19(10-8-18)12(2)20)15-16-13-5-3-4-6-14(13)17-15/h3-6,11H,7-10H2,1-2H3,(H,16,17). The molecule has 1 saturated heterocycles. The maximum absolute atomic E-state index is 11.4. The van der Waals surface area contributed by atoms with Crippen molar-refractivity contribution in [3.63, 3.8) is 0 Å². The normalized spacial score (nSPS) is 18.4. The lowest BCUT2D eigenvalue weighted by Gasteiger charge is -2.36. The molecule has 2 aromatic rings. The lowest BCUT2D eigenvalue weighted by molar-refractivity contribution is -0.130. The van der Waals surface area contributed by atoms with Gasteiger partial charge in [0.2, 0.25) is 5.91 Å². The second-order valence-corrected chi connectivity index (χ2v) is 5.36. The van der Waals surface area contributed by atoms with Gasteiger partial charge in [-0.1, -0.05) is 12.1 Å². The first-order valence-electron chi connectivity index (χ1n) is 7.09. The van der Waals surface area contributed by atoms with E-state index in [4.69, 9.17) is 0 Å². The zero-order chi connectivity index (χ0) is 14.1. The molecule has 1 N–H and O–H groups in total. The van der Waals surface area contributed by atoms with Crippen molar-refractivity contribution >= 4 is 16.9 Å². The Hall–Kier alpha value is -1.88. The van der Waals surface area contributed by atoms with Crippen LogP contribution in [0, 0.1) is 0 Å². The molecule has 106 valence electrons. The number of nitrogens with one attached hydrogen (secondary N) is 1. The minimum atomic E-state index is 0.168. The molecule has 1 aromatic heterocycles. The van der Waals surface area contributed by atoms with E-state index in [2.05, 4.69) is 21.8 Å². The average Bonchev–Trinajstić information content (AvgIpc) is 2.90. The number of piperazine rings is 1. The summed E-state index contributed by atoms with van der Waals surface area (Å²) in [4.78, 5) is 23.7. The Bertz CT molecular complexity index is 580. The van der Waals surface area contributed by atoms with Crippen LogP contribution in [-0.4, -0.2) is 51.9 Å². The van der Waals surface area contributed by atoms with Crippen molar-refractivity contribution < 1.29 is 4.79 Å². The fourth-order valence-corrected chi connectivity index (χ4v) is 2.77. The summed E-state index contributed by atoms with van der Waals surface area (Å²) in [5.74, 6) is 1.17. The van der Waals surface area contributed by atoms with Gasteiger partial charge in [-0.05, 0) is 19.1 Å². The highest BCUT2D eigenvalue weighted by Crippen LogP contribution is 2.22. The molecule has 2 heterocycles. The molecule has 1 aromatic carbocycles. The number of imidazole rings is 1. The number of carbonyl (C=O) groups is 1. The van der Waals surface area contributed by atoms with Gasteiger partial charge in [0.05, 0.1) is 17.1 Å². The molecule has 1 atom stereocenters. The van der Waals surface area contributed by atoms with Crippen molar-refractivity contribution in [2.45, 2.75) is 19.9 Å². The van der Waals surface area contributed by atoms with E-state index in [1.807, 2.05) is 29.2 Å². The monoisotopic (exact) mass is 272 g/mol. The van der Waals surface area contributed by atoms with Crippen molar-refractivity contribution in [1.29, 1.82) is 0 Å². The van der Waals surface area contributed by atoms with Gasteiger partial charge in [0, 0.05) is 33.1 Å². The third kappa shape index (κ3) is 2.41. The highest BCUT2D eigenvalue weighted by molar-refractivity contribution is 5.75. The van der Waals surface area contributed by atoms with E-state index < -0.39 is 0 Å². The Morgan fingerprint density at radius 2 is 1.95 bits per heavy atom. The minimum absolute atomic E-state index is 0.168. The number of hydrogen-bond acceptors (Lipinski definition) is 3. The molecule has 20 heavy (non-hydrogen) atoms. The summed E-state index contributed by atoms with van der Waals surface area (Å²) >= 11 is 0. The molecule has 1 aliphatic heterocycles. The Labute approximate surface area is 118 Å². The predicted octanol–water partition coefficient (Wildman–Crippen LogP) is 1.79. The molecule has 1 aliphatic rings. The van der Waals surface area contributed by atoms with Gasteiger partial charge in [-0.15, -0.1) is 0 Å². The SMILES string of the molecule is CC(=O)N1CCN(C(C)c2nc3ccccc3[nH]2)CC1. The van der Waals surface area contributed by atoms with Crippen LogP contribution in [0.3, 0.4) is 0 Å².